The smallest absolute Gasteiger partial charge is 0.147 e. The predicted octanol–water partition coefficient (Wildman–Crippen LogP) is 3.07. The van der Waals surface area contributed by atoms with E-state index in [-0.39, 0.29) is 0 Å². The summed E-state index contributed by atoms with van der Waals surface area (Å²) in [5.74, 6) is 0.944. The van der Waals surface area contributed by atoms with E-state index < -0.39 is 0 Å². The van der Waals surface area contributed by atoms with E-state index in [1.165, 1.54) is 0 Å². The first-order valence-corrected chi connectivity index (χ1v) is 5.83. The van der Waals surface area contributed by atoms with E-state index in [2.05, 4.69) is 27.4 Å². The zero-order chi connectivity index (χ0) is 10.5. The van der Waals surface area contributed by atoms with Crippen LogP contribution in [0.15, 0.2) is 29.9 Å². The van der Waals surface area contributed by atoms with Crippen molar-refractivity contribution >= 4 is 27.4 Å². The van der Waals surface area contributed by atoms with Crippen LogP contribution in [0.3, 0.4) is 0 Å². The molecule has 0 saturated carbocycles. The average molecular weight is 219 g/mol. The molecule has 0 spiro atoms. The average Bonchev–Trinajstić information content (AvgIpc) is 2.73. The van der Waals surface area contributed by atoms with Crippen molar-refractivity contribution < 1.29 is 0 Å². The molecule has 78 valence electrons. The number of fused-ring (bicyclic) bond motifs is 1. The van der Waals surface area contributed by atoms with E-state index in [1.807, 2.05) is 18.4 Å². The highest BCUT2D eigenvalue weighted by atomic mass is 32.1. The van der Waals surface area contributed by atoms with Crippen LogP contribution in [0.4, 0.5) is 5.82 Å². The Morgan fingerprint density at radius 3 is 3.27 bits per heavy atom. The number of thiophene rings is 1. The molecule has 3 nitrogen and oxygen atoms in total. The van der Waals surface area contributed by atoms with Crippen LogP contribution in [0.1, 0.15) is 13.3 Å². The summed E-state index contributed by atoms with van der Waals surface area (Å²) in [4.78, 5) is 8.43. The lowest BCUT2D eigenvalue weighted by atomic mass is 10.3. The second kappa shape index (κ2) is 4.89. The predicted molar refractivity (Wildman–Crippen MR) is 65.3 cm³/mol. The Morgan fingerprint density at radius 2 is 2.40 bits per heavy atom. The summed E-state index contributed by atoms with van der Waals surface area (Å²) in [6, 6.07) is 2.01. The minimum Gasteiger partial charge on any atom is -0.368 e. The Hall–Kier alpha value is -1.42. The van der Waals surface area contributed by atoms with Crippen molar-refractivity contribution in [2.45, 2.75) is 13.3 Å². The molecule has 2 rings (SSSR count). The van der Waals surface area contributed by atoms with Crippen LogP contribution in [0, 0.1) is 0 Å². The van der Waals surface area contributed by atoms with Crippen molar-refractivity contribution in [1.82, 2.24) is 9.97 Å². The van der Waals surface area contributed by atoms with Gasteiger partial charge >= 0.3 is 0 Å². The van der Waals surface area contributed by atoms with Crippen molar-refractivity contribution in [2.24, 2.45) is 0 Å². The van der Waals surface area contributed by atoms with E-state index in [1.54, 1.807) is 17.7 Å². The number of nitrogens with one attached hydrogen (secondary N) is 1. The first kappa shape index (κ1) is 10.1. The van der Waals surface area contributed by atoms with Gasteiger partial charge in [-0.1, -0.05) is 12.2 Å². The maximum absolute atomic E-state index is 4.24. The van der Waals surface area contributed by atoms with E-state index >= 15 is 0 Å². The Labute approximate surface area is 92.9 Å². The first-order chi connectivity index (χ1) is 7.42. The van der Waals surface area contributed by atoms with Gasteiger partial charge in [-0.2, -0.15) is 0 Å². The molecule has 0 saturated heterocycles. The van der Waals surface area contributed by atoms with Gasteiger partial charge in [0.2, 0.25) is 0 Å². The van der Waals surface area contributed by atoms with Crippen LogP contribution >= 0.6 is 11.3 Å². The molecule has 0 atom stereocenters. The molecule has 1 N–H and O–H groups in total. The number of hydrogen-bond donors (Lipinski definition) is 1. The van der Waals surface area contributed by atoms with Crippen molar-refractivity contribution in [3.63, 3.8) is 0 Å². The minimum absolute atomic E-state index is 0.911. The molecular weight excluding hydrogens is 206 g/mol. The minimum atomic E-state index is 0.911. The fourth-order valence-corrected chi connectivity index (χ4v) is 2.17. The zero-order valence-electron chi connectivity index (χ0n) is 8.60. The summed E-state index contributed by atoms with van der Waals surface area (Å²) in [7, 11) is 0. The molecule has 0 unspecified atom stereocenters. The van der Waals surface area contributed by atoms with Crippen molar-refractivity contribution in [1.29, 1.82) is 0 Å². The van der Waals surface area contributed by atoms with E-state index in [0.717, 1.165) is 29.0 Å². The molecule has 2 aromatic rings. The van der Waals surface area contributed by atoms with E-state index in [9.17, 15) is 0 Å². The summed E-state index contributed by atoms with van der Waals surface area (Å²) >= 11 is 1.67. The molecule has 0 aliphatic carbocycles. The summed E-state index contributed by atoms with van der Waals surface area (Å²) < 4.78 is 1.14. The highest BCUT2D eigenvalue weighted by Gasteiger charge is 2.02. The number of rotatable bonds is 4. The van der Waals surface area contributed by atoms with Crippen molar-refractivity contribution in [3.8, 4) is 0 Å². The monoisotopic (exact) mass is 219 g/mol. The number of allylic oxidation sites excluding steroid dienone is 1. The lowest BCUT2D eigenvalue weighted by Gasteiger charge is -2.03. The zero-order valence-corrected chi connectivity index (χ0v) is 9.42. The third-order valence-corrected chi connectivity index (χ3v) is 2.99. The number of nitrogens with zero attached hydrogens (tertiary/aromatic N) is 2. The molecule has 0 aliphatic rings. The molecule has 0 radical (unpaired) electrons. The maximum Gasteiger partial charge on any atom is 0.147 e. The van der Waals surface area contributed by atoms with Crippen molar-refractivity contribution in [3.05, 3.63) is 29.9 Å². The molecule has 2 aromatic heterocycles. The Kier molecular flexibility index (Phi) is 3.29. The molecule has 15 heavy (non-hydrogen) atoms. The summed E-state index contributed by atoms with van der Waals surface area (Å²) in [6.45, 7) is 2.94. The van der Waals surface area contributed by atoms with Gasteiger partial charge in [0.15, 0.2) is 0 Å². The van der Waals surface area contributed by atoms with Crippen LogP contribution in [-0.4, -0.2) is 16.5 Å². The molecule has 4 heteroatoms. The Balaban J connectivity index is 2.10. The van der Waals surface area contributed by atoms with Crippen LogP contribution in [0.25, 0.3) is 10.2 Å². The molecule has 0 aromatic carbocycles. The lowest BCUT2D eigenvalue weighted by molar-refractivity contribution is 1.05. The first-order valence-electron chi connectivity index (χ1n) is 4.95. The maximum atomic E-state index is 4.24. The van der Waals surface area contributed by atoms with Gasteiger partial charge in [-0.15, -0.1) is 11.3 Å². The van der Waals surface area contributed by atoms with E-state index in [0.29, 0.717) is 0 Å². The molecule has 0 bridgehead atoms. The normalized spacial score (nSPS) is 11.3. The van der Waals surface area contributed by atoms with Crippen LogP contribution < -0.4 is 5.32 Å². The van der Waals surface area contributed by atoms with Crippen LogP contribution in [0.5, 0.6) is 0 Å². The van der Waals surface area contributed by atoms with Gasteiger partial charge in [-0.3, -0.25) is 0 Å². The molecule has 2 heterocycles. The summed E-state index contributed by atoms with van der Waals surface area (Å²) in [6.07, 6.45) is 6.82. The van der Waals surface area contributed by atoms with Gasteiger partial charge < -0.3 is 5.32 Å². The Morgan fingerprint density at radius 1 is 1.47 bits per heavy atom. The lowest BCUT2D eigenvalue weighted by Crippen LogP contribution is -2.02. The largest absolute Gasteiger partial charge is 0.368 e. The van der Waals surface area contributed by atoms with Gasteiger partial charge in [0.25, 0.3) is 0 Å². The van der Waals surface area contributed by atoms with E-state index in [4.69, 9.17) is 0 Å². The standard InChI is InChI=1S/C11H13N3S/c1-2-3-4-6-12-11-10-9(5-7-15-10)13-8-14-11/h2-3,5,7-8H,4,6H2,1H3,(H,12,13,14)/b3-2+. The van der Waals surface area contributed by atoms with Gasteiger partial charge in [0.1, 0.15) is 12.1 Å². The topological polar surface area (TPSA) is 37.8 Å². The fraction of sp³-hybridized carbons (Fsp3) is 0.273. The third kappa shape index (κ3) is 2.33. The number of hydrogen-bond acceptors (Lipinski definition) is 4. The number of anilines is 1. The quantitative estimate of drug-likeness (QED) is 0.634. The highest BCUT2D eigenvalue weighted by molar-refractivity contribution is 7.17. The second-order valence-electron chi connectivity index (χ2n) is 3.14. The SMILES string of the molecule is C/C=C/CCNc1ncnc2ccsc12. The fourth-order valence-electron chi connectivity index (χ4n) is 1.36. The Bertz CT molecular complexity index is 462. The van der Waals surface area contributed by atoms with Crippen LogP contribution in [0.2, 0.25) is 0 Å². The third-order valence-electron chi connectivity index (χ3n) is 2.08. The van der Waals surface area contributed by atoms with Gasteiger partial charge in [0, 0.05) is 6.54 Å². The molecule has 0 aliphatic heterocycles. The van der Waals surface area contributed by atoms with Crippen molar-refractivity contribution in [2.75, 3.05) is 11.9 Å². The van der Waals surface area contributed by atoms with Crippen LogP contribution in [-0.2, 0) is 0 Å². The van der Waals surface area contributed by atoms with Gasteiger partial charge in [-0.25, -0.2) is 9.97 Å². The van der Waals surface area contributed by atoms with Gasteiger partial charge in [0.05, 0.1) is 10.2 Å². The summed E-state index contributed by atoms with van der Waals surface area (Å²) in [5, 5.41) is 5.35. The summed E-state index contributed by atoms with van der Waals surface area (Å²) in [5.41, 5.74) is 1.02. The molecule has 0 fully saturated rings. The highest BCUT2D eigenvalue weighted by Crippen LogP contribution is 2.24. The second-order valence-corrected chi connectivity index (χ2v) is 4.06. The molecule has 0 amide bonds. The molecular formula is C11H13N3S. The van der Waals surface area contributed by atoms with Gasteiger partial charge in [-0.05, 0) is 24.8 Å². The number of aromatic nitrogens is 2.